The third-order valence-electron chi connectivity index (χ3n) is 2.54. The van der Waals surface area contributed by atoms with Gasteiger partial charge in [-0.1, -0.05) is 18.2 Å². The van der Waals surface area contributed by atoms with Gasteiger partial charge in [-0.25, -0.2) is 0 Å². The molecule has 0 unspecified atom stereocenters. The topological polar surface area (TPSA) is 121 Å². The zero-order valence-electron chi connectivity index (χ0n) is 8.99. The third-order valence-corrected chi connectivity index (χ3v) is 2.54. The van der Waals surface area contributed by atoms with E-state index in [4.69, 9.17) is 0 Å². The Balaban J connectivity index is 2.85. The number of phenols is 6. The monoisotopic (exact) mass is 250 g/mol. The van der Waals surface area contributed by atoms with Gasteiger partial charge in [-0.15, -0.1) is 0 Å². The summed E-state index contributed by atoms with van der Waals surface area (Å²) in [7, 11) is 0. The molecule has 0 bridgehead atoms. The van der Waals surface area contributed by atoms with E-state index >= 15 is 0 Å². The summed E-state index contributed by atoms with van der Waals surface area (Å²) in [6.45, 7) is 0. The number of phenolic OH excluding ortho intramolecular Hbond substituents is 6. The van der Waals surface area contributed by atoms with E-state index in [9.17, 15) is 30.6 Å². The van der Waals surface area contributed by atoms with Gasteiger partial charge < -0.3 is 30.6 Å². The molecule has 0 amide bonds. The second kappa shape index (κ2) is 3.92. The van der Waals surface area contributed by atoms with Crippen molar-refractivity contribution in [3.8, 4) is 45.6 Å². The lowest BCUT2D eigenvalue weighted by Gasteiger charge is -2.13. The first-order valence-electron chi connectivity index (χ1n) is 4.92. The summed E-state index contributed by atoms with van der Waals surface area (Å²) in [5.74, 6) is -4.96. The predicted molar refractivity (Wildman–Crippen MR) is 61.9 cm³/mol. The van der Waals surface area contributed by atoms with Crippen molar-refractivity contribution in [2.45, 2.75) is 0 Å². The summed E-state index contributed by atoms with van der Waals surface area (Å²) < 4.78 is 0. The van der Waals surface area contributed by atoms with Crippen LogP contribution in [0.3, 0.4) is 0 Å². The van der Waals surface area contributed by atoms with E-state index in [1.54, 1.807) is 0 Å². The average molecular weight is 250 g/mol. The molecule has 2 rings (SSSR count). The second-order valence-corrected chi connectivity index (χ2v) is 3.64. The standard InChI is InChI=1S/C12H10O6/c13-6-4-2-1-3-5(6)7-8(14)10(16)12(18)11(17)9(7)15/h1-4,13-18H. The van der Waals surface area contributed by atoms with Crippen LogP contribution < -0.4 is 0 Å². The first-order chi connectivity index (χ1) is 8.45. The Bertz CT molecular complexity index is 591. The molecule has 2 aromatic rings. The summed E-state index contributed by atoms with van der Waals surface area (Å²) >= 11 is 0. The second-order valence-electron chi connectivity index (χ2n) is 3.64. The Morgan fingerprint density at radius 2 is 1.00 bits per heavy atom. The van der Waals surface area contributed by atoms with Crippen molar-refractivity contribution in [3.63, 3.8) is 0 Å². The molecule has 0 atom stereocenters. The van der Waals surface area contributed by atoms with Gasteiger partial charge in [0.1, 0.15) is 5.75 Å². The van der Waals surface area contributed by atoms with Crippen molar-refractivity contribution >= 4 is 0 Å². The molecular formula is C12H10O6. The minimum absolute atomic E-state index is 0.00176. The highest BCUT2D eigenvalue weighted by atomic mass is 16.4. The van der Waals surface area contributed by atoms with E-state index < -0.39 is 28.7 Å². The number of aromatic hydroxyl groups is 6. The van der Waals surface area contributed by atoms with Gasteiger partial charge in [-0.2, -0.15) is 0 Å². The predicted octanol–water partition coefficient (Wildman–Crippen LogP) is 1.59. The van der Waals surface area contributed by atoms with Gasteiger partial charge in [-0.3, -0.25) is 0 Å². The van der Waals surface area contributed by atoms with Crippen LogP contribution in [0.2, 0.25) is 0 Å². The number of rotatable bonds is 1. The molecule has 0 aliphatic rings. The zero-order chi connectivity index (χ0) is 13.4. The lowest BCUT2D eigenvalue weighted by molar-refractivity contribution is 0.330. The molecule has 0 fully saturated rings. The van der Waals surface area contributed by atoms with E-state index in [-0.39, 0.29) is 16.9 Å². The fraction of sp³-hybridized carbons (Fsp3) is 0. The summed E-state index contributed by atoms with van der Waals surface area (Å²) in [6.07, 6.45) is 0. The largest absolute Gasteiger partial charge is 0.507 e. The van der Waals surface area contributed by atoms with E-state index in [0.29, 0.717) is 0 Å². The highest BCUT2D eigenvalue weighted by Crippen LogP contribution is 2.55. The molecule has 0 aromatic heterocycles. The highest BCUT2D eigenvalue weighted by molar-refractivity contribution is 5.87. The molecular weight excluding hydrogens is 240 g/mol. The zero-order valence-corrected chi connectivity index (χ0v) is 8.99. The maximum atomic E-state index is 9.67. The van der Waals surface area contributed by atoms with Crippen LogP contribution in [-0.4, -0.2) is 30.6 Å². The SMILES string of the molecule is Oc1ccccc1-c1c(O)c(O)c(O)c(O)c1O. The van der Waals surface area contributed by atoms with E-state index in [1.807, 2.05) is 0 Å². The van der Waals surface area contributed by atoms with Crippen molar-refractivity contribution in [1.82, 2.24) is 0 Å². The Morgan fingerprint density at radius 3 is 1.50 bits per heavy atom. The normalized spacial score (nSPS) is 10.4. The van der Waals surface area contributed by atoms with Gasteiger partial charge in [-0.05, 0) is 6.07 Å². The lowest BCUT2D eigenvalue weighted by Crippen LogP contribution is -1.85. The van der Waals surface area contributed by atoms with Crippen molar-refractivity contribution in [2.75, 3.05) is 0 Å². The summed E-state index contributed by atoms with van der Waals surface area (Å²) in [6, 6.07) is 5.71. The number of benzene rings is 2. The molecule has 0 radical (unpaired) electrons. The van der Waals surface area contributed by atoms with Crippen LogP contribution in [0, 0.1) is 0 Å². The fourth-order valence-corrected chi connectivity index (χ4v) is 1.63. The van der Waals surface area contributed by atoms with E-state index in [2.05, 4.69) is 0 Å². The highest BCUT2D eigenvalue weighted by Gasteiger charge is 2.25. The molecule has 6 N–H and O–H groups in total. The lowest BCUT2D eigenvalue weighted by atomic mass is 10.0. The van der Waals surface area contributed by atoms with E-state index in [1.165, 1.54) is 24.3 Å². The van der Waals surface area contributed by atoms with Crippen LogP contribution in [-0.2, 0) is 0 Å². The smallest absolute Gasteiger partial charge is 0.208 e. The summed E-state index contributed by atoms with van der Waals surface area (Å²) in [5.41, 5.74) is -0.376. The quantitative estimate of drug-likeness (QED) is 0.337. The van der Waals surface area contributed by atoms with Crippen molar-refractivity contribution in [2.24, 2.45) is 0 Å². The van der Waals surface area contributed by atoms with Gasteiger partial charge in [0.25, 0.3) is 0 Å². The van der Waals surface area contributed by atoms with Crippen LogP contribution in [0.25, 0.3) is 11.1 Å². The van der Waals surface area contributed by atoms with Crippen molar-refractivity contribution in [3.05, 3.63) is 24.3 Å². The van der Waals surface area contributed by atoms with Gasteiger partial charge in [0.2, 0.25) is 17.2 Å². The molecule has 2 aromatic carbocycles. The average Bonchev–Trinajstić information content (AvgIpc) is 2.36. The maximum absolute atomic E-state index is 9.67. The Kier molecular flexibility index (Phi) is 2.55. The maximum Gasteiger partial charge on any atom is 0.208 e. The Morgan fingerprint density at radius 1 is 0.556 bits per heavy atom. The minimum atomic E-state index is -1.04. The van der Waals surface area contributed by atoms with Crippen molar-refractivity contribution < 1.29 is 30.6 Å². The van der Waals surface area contributed by atoms with Crippen LogP contribution in [0.5, 0.6) is 34.5 Å². The number of para-hydroxylation sites is 1. The van der Waals surface area contributed by atoms with Gasteiger partial charge >= 0.3 is 0 Å². The van der Waals surface area contributed by atoms with Crippen LogP contribution >= 0.6 is 0 Å². The fourth-order valence-electron chi connectivity index (χ4n) is 1.63. The van der Waals surface area contributed by atoms with Gasteiger partial charge in [0, 0.05) is 5.56 Å². The van der Waals surface area contributed by atoms with Gasteiger partial charge in [0.05, 0.1) is 5.56 Å². The third kappa shape index (κ3) is 1.51. The van der Waals surface area contributed by atoms with Crippen LogP contribution in [0.1, 0.15) is 0 Å². The molecule has 6 nitrogen and oxygen atoms in total. The summed E-state index contributed by atoms with van der Waals surface area (Å²) in [4.78, 5) is 0. The molecule has 0 saturated heterocycles. The van der Waals surface area contributed by atoms with E-state index in [0.717, 1.165) is 0 Å². The van der Waals surface area contributed by atoms with Crippen molar-refractivity contribution in [1.29, 1.82) is 0 Å². The molecule has 6 heteroatoms. The molecule has 0 aliphatic heterocycles. The molecule has 94 valence electrons. The van der Waals surface area contributed by atoms with Crippen LogP contribution in [0.4, 0.5) is 0 Å². The Labute approximate surface area is 101 Å². The number of hydrogen-bond donors (Lipinski definition) is 6. The minimum Gasteiger partial charge on any atom is -0.507 e. The molecule has 18 heavy (non-hydrogen) atoms. The molecule has 0 heterocycles. The molecule has 0 spiro atoms. The summed E-state index contributed by atoms with van der Waals surface area (Å²) in [5, 5.41) is 57.0. The van der Waals surface area contributed by atoms with Gasteiger partial charge in [0.15, 0.2) is 11.5 Å². The molecule has 0 saturated carbocycles. The first-order valence-corrected chi connectivity index (χ1v) is 4.92. The first kappa shape index (κ1) is 11.7. The number of hydrogen-bond acceptors (Lipinski definition) is 6. The molecule has 0 aliphatic carbocycles. The van der Waals surface area contributed by atoms with Crippen LogP contribution in [0.15, 0.2) is 24.3 Å². The Hall–Kier alpha value is -2.76.